The molecule has 1 rings (SSSR count). The second-order valence-electron chi connectivity index (χ2n) is 3.02. The molecule has 0 atom stereocenters. The van der Waals surface area contributed by atoms with E-state index in [1.165, 1.54) is 0 Å². The molecule has 72 valence electrons. The van der Waals surface area contributed by atoms with Crippen LogP contribution in [-0.2, 0) is 0 Å². The Kier molecular flexibility index (Phi) is 3.75. The van der Waals surface area contributed by atoms with Gasteiger partial charge in [0.05, 0.1) is 18.2 Å². The summed E-state index contributed by atoms with van der Waals surface area (Å²) in [4.78, 5) is 0. The summed E-state index contributed by atoms with van der Waals surface area (Å²) in [6.45, 7) is 6.19. The number of nitrogens with zero attached hydrogens (tertiary/aromatic N) is 1. The van der Waals surface area contributed by atoms with Crippen molar-refractivity contribution in [3.05, 3.63) is 42.0 Å². The van der Waals surface area contributed by atoms with Crippen LogP contribution in [0.25, 0.3) is 0 Å². The van der Waals surface area contributed by atoms with Gasteiger partial charge in [-0.1, -0.05) is 6.08 Å². The van der Waals surface area contributed by atoms with Crippen LogP contribution in [0.5, 0.6) is 5.75 Å². The highest BCUT2D eigenvalue weighted by atomic mass is 16.5. The van der Waals surface area contributed by atoms with E-state index in [1.54, 1.807) is 6.07 Å². The Hall–Kier alpha value is -1.75. The Labute approximate surface area is 84.4 Å². The van der Waals surface area contributed by atoms with Crippen molar-refractivity contribution in [3.63, 3.8) is 0 Å². The van der Waals surface area contributed by atoms with E-state index in [-0.39, 0.29) is 0 Å². The minimum Gasteiger partial charge on any atom is -0.493 e. The normalized spacial score (nSPS) is 9.14. The van der Waals surface area contributed by atoms with E-state index >= 15 is 0 Å². The average molecular weight is 187 g/mol. The first-order valence-corrected chi connectivity index (χ1v) is 4.52. The summed E-state index contributed by atoms with van der Waals surface area (Å²) >= 11 is 0. The van der Waals surface area contributed by atoms with Gasteiger partial charge in [0.1, 0.15) is 5.75 Å². The lowest BCUT2D eigenvalue weighted by Crippen LogP contribution is -1.97. The third kappa shape index (κ3) is 2.63. The summed E-state index contributed by atoms with van der Waals surface area (Å²) in [6, 6.07) is 7.50. The standard InChI is InChI=1S/C12H13NO/c1-3-4-7-14-12-6-5-11(9-13)8-10(12)2/h3,5-6,8H,1,4,7H2,2H3. The zero-order valence-electron chi connectivity index (χ0n) is 8.29. The molecule has 0 aliphatic carbocycles. The number of ether oxygens (including phenoxy) is 1. The fourth-order valence-electron chi connectivity index (χ4n) is 1.13. The van der Waals surface area contributed by atoms with Crippen molar-refractivity contribution in [2.45, 2.75) is 13.3 Å². The maximum absolute atomic E-state index is 8.66. The molecule has 0 spiro atoms. The third-order valence-electron chi connectivity index (χ3n) is 1.88. The molecule has 0 radical (unpaired) electrons. The molecule has 0 heterocycles. The summed E-state index contributed by atoms with van der Waals surface area (Å²) in [7, 11) is 0. The lowest BCUT2D eigenvalue weighted by molar-refractivity contribution is 0.323. The van der Waals surface area contributed by atoms with Crippen molar-refractivity contribution < 1.29 is 4.74 Å². The predicted molar refractivity (Wildman–Crippen MR) is 56.2 cm³/mol. The maximum Gasteiger partial charge on any atom is 0.122 e. The molecule has 0 saturated carbocycles. The Morgan fingerprint density at radius 2 is 2.36 bits per heavy atom. The van der Waals surface area contributed by atoms with Crippen LogP contribution in [0.3, 0.4) is 0 Å². The van der Waals surface area contributed by atoms with E-state index in [1.807, 2.05) is 25.1 Å². The molecule has 2 nitrogen and oxygen atoms in total. The van der Waals surface area contributed by atoms with Gasteiger partial charge in [-0.25, -0.2) is 0 Å². The van der Waals surface area contributed by atoms with Crippen LogP contribution in [0.2, 0.25) is 0 Å². The van der Waals surface area contributed by atoms with Crippen LogP contribution >= 0.6 is 0 Å². The minimum atomic E-state index is 0.635. The van der Waals surface area contributed by atoms with Gasteiger partial charge >= 0.3 is 0 Å². The smallest absolute Gasteiger partial charge is 0.122 e. The largest absolute Gasteiger partial charge is 0.493 e. The highest BCUT2D eigenvalue weighted by Gasteiger charge is 1.99. The van der Waals surface area contributed by atoms with Crippen LogP contribution in [0.1, 0.15) is 17.5 Å². The van der Waals surface area contributed by atoms with Crippen molar-refractivity contribution in [1.82, 2.24) is 0 Å². The van der Waals surface area contributed by atoms with E-state index in [9.17, 15) is 0 Å². The van der Waals surface area contributed by atoms with Gasteiger partial charge in [0.2, 0.25) is 0 Å². The number of hydrogen-bond donors (Lipinski definition) is 0. The Morgan fingerprint density at radius 3 is 2.93 bits per heavy atom. The zero-order valence-corrected chi connectivity index (χ0v) is 8.29. The third-order valence-corrected chi connectivity index (χ3v) is 1.88. The Balaban J connectivity index is 2.70. The van der Waals surface area contributed by atoms with Crippen molar-refractivity contribution in [1.29, 1.82) is 5.26 Å². The summed E-state index contributed by atoms with van der Waals surface area (Å²) in [5.74, 6) is 0.839. The van der Waals surface area contributed by atoms with Gasteiger partial charge in [-0.15, -0.1) is 6.58 Å². The molecule has 1 aromatic carbocycles. The Morgan fingerprint density at radius 1 is 1.57 bits per heavy atom. The Bertz CT molecular complexity index is 363. The van der Waals surface area contributed by atoms with Crippen molar-refractivity contribution in [2.75, 3.05) is 6.61 Å². The lowest BCUT2D eigenvalue weighted by atomic mass is 10.1. The monoisotopic (exact) mass is 187 g/mol. The van der Waals surface area contributed by atoms with Crippen LogP contribution < -0.4 is 4.74 Å². The topological polar surface area (TPSA) is 33.0 Å². The van der Waals surface area contributed by atoms with Crippen molar-refractivity contribution in [3.8, 4) is 11.8 Å². The summed E-state index contributed by atoms with van der Waals surface area (Å²) < 4.78 is 5.50. The molecule has 0 N–H and O–H groups in total. The summed E-state index contributed by atoms with van der Waals surface area (Å²) in [6.07, 6.45) is 2.65. The second-order valence-corrected chi connectivity index (χ2v) is 3.02. The van der Waals surface area contributed by atoms with E-state index in [2.05, 4.69) is 12.6 Å². The van der Waals surface area contributed by atoms with E-state index in [4.69, 9.17) is 10.00 Å². The molecule has 0 aliphatic rings. The highest BCUT2D eigenvalue weighted by molar-refractivity contribution is 5.41. The van der Waals surface area contributed by atoms with Crippen LogP contribution in [0.4, 0.5) is 0 Å². The number of aryl methyl sites for hydroxylation is 1. The fraction of sp³-hybridized carbons (Fsp3) is 0.250. The molecule has 0 fully saturated rings. The molecule has 14 heavy (non-hydrogen) atoms. The number of hydrogen-bond acceptors (Lipinski definition) is 2. The van der Waals surface area contributed by atoms with E-state index < -0.39 is 0 Å². The first-order valence-electron chi connectivity index (χ1n) is 4.52. The van der Waals surface area contributed by atoms with Crippen molar-refractivity contribution >= 4 is 0 Å². The van der Waals surface area contributed by atoms with Crippen molar-refractivity contribution in [2.24, 2.45) is 0 Å². The average Bonchev–Trinajstić information content (AvgIpc) is 2.20. The first-order chi connectivity index (χ1) is 6.77. The van der Waals surface area contributed by atoms with Crippen LogP contribution in [0.15, 0.2) is 30.9 Å². The van der Waals surface area contributed by atoms with Crippen LogP contribution in [0, 0.1) is 18.3 Å². The number of rotatable bonds is 4. The van der Waals surface area contributed by atoms with Gasteiger partial charge in [0, 0.05) is 0 Å². The maximum atomic E-state index is 8.66. The zero-order chi connectivity index (χ0) is 10.4. The van der Waals surface area contributed by atoms with Gasteiger partial charge in [-0.2, -0.15) is 5.26 Å². The molecule has 0 aliphatic heterocycles. The van der Waals surface area contributed by atoms with Crippen LogP contribution in [-0.4, -0.2) is 6.61 Å². The predicted octanol–water partition coefficient (Wildman–Crippen LogP) is 2.82. The molecule has 0 saturated heterocycles. The second kappa shape index (κ2) is 5.08. The van der Waals surface area contributed by atoms with Gasteiger partial charge in [0.15, 0.2) is 0 Å². The summed E-state index contributed by atoms with van der Waals surface area (Å²) in [5, 5.41) is 8.66. The fourth-order valence-corrected chi connectivity index (χ4v) is 1.13. The number of benzene rings is 1. The molecule has 1 aromatic rings. The molecule has 0 amide bonds. The highest BCUT2D eigenvalue weighted by Crippen LogP contribution is 2.18. The summed E-state index contributed by atoms with van der Waals surface area (Å²) in [5.41, 5.74) is 1.66. The van der Waals surface area contributed by atoms with Gasteiger partial charge in [-0.05, 0) is 37.1 Å². The quantitative estimate of drug-likeness (QED) is 0.536. The first kappa shape index (κ1) is 10.3. The molecule has 0 unspecified atom stereocenters. The van der Waals surface area contributed by atoms with Gasteiger partial charge in [-0.3, -0.25) is 0 Å². The molecule has 0 aromatic heterocycles. The molecule has 0 bridgehead atoms. The van der Waals surface area contributed by atoms with E-state index in [0.717, 1.165) is 17.7 Å². The SMILES string of the molecule is C=CCCOc1ccc(C#N)cc1C. The number of nitriles is 1. The molecular weight excluding hydrogens is 174 g/mol. The molecular formula is C12H13NO. The van der Waals surface area contributed by atoms with E-state index in [0.29, 0.717) is 12.2 Å². The van der Waals surface area contributed by atoms with Gasteiger partial charge < -0.3 is 4.74 Å². The lowest BCUT2D eigenvalue weighted by Gasteiger charge is -2.07. The minimum absolute atomic E-state index is 0.635. The molecule has 2 heteroatoms. The van der Waals surface area contributed by atoms with Gasteiger partial charge in [0.25, 0.3) is 0 Å².